The molecule has 0 radical (unpaired) electrons. The van der Waals surface area contributed by atoms with Crippen LogP contribution < -0.4 is 4.74 Å². The van der Waals surface area contributed by atoms with Crippen molar-refractivity contribution in [3.63, 3.8) is 0 Å². The van der Waals surface area contributed by atoms with Crippen molar-refractivity contribution >= 4 is 6.21 Å². The lowest BCUT2D eigenvalue weighted by Gasteiger charge is -2.07. The van der Waals surface area contributed by atoms with Gasteiger partial charge in [0.2, 0.25) is 5.88 Å². The molecule has 0 fully saturated rings. The van der Waals surface area contributed by atoms with Crippen LogP contribution in [0.25, 0.3) is 0 Å². The molecule has 0 spiro atoms. The summed E-state index contributed by atoms with van der Waals surface area (Å²) in [5.74, 6) is 1.55. The van der Waals surface area contributed by atoms with Gasteiger partial charge in [-0.1, -0.05) is 18.2 Å². The van der Waals surface area contributed by atoms with Crippen LogP contribution in [-0.2, 0) is 0 Å². The molecule has 0 bridgehead atoms. The van der Waals surface area contributed by atoms with Crippen molar-refractivity contribution in [1.29, 1.82) is 0 Å². The van der Waals surface area contributed by atoms with Crippen LogP contribution in [0.1, 0.15) is 12.8 Å². The van der Waals surface area contributed by atoms with Crippen LogP contribution in [0.2, 0.25) is 0 Å². The normalized spacial score (nSPS) is 15.2. The molecule has 0 saturated heterocycles. The van der Waals surface area contributed by atoms with E-state index in [1.807, 2.05) is 42.6 Å². The fourth-order valence-electron chi connectivity index (χ4n) is 1.17. The zero-order valence-corrected chi connectivity index (χ0v) is 7.31. The van der Waals surface area contributed by atoms with Gasteiger partial charge in [-0.15, -0.1) is 0 Å². The van der Waals surface area contributed by atoms with Crippen LogP contribution in [-0.4, -0.2) is 6.21 Å². The fraction of sp³-hybridized carbons (Fsp3) is 0.182. The number of allylic oxidation sites excluding steroid dienone is 1. The molecule has 0 aromatic heterocycles. The van der Waals surface area contributed by atoms with Crippen molar-refractivity contribution in [2.24, 2.45) is 4.99 Å². The Kier molecular flexibility index (Phi) is 2.41. The van der Waals surface area contributed by atoms with Crippen LogP contribution in [0, 0.1) is 0 Å². The molecule has 0 amide bonds. The molecule has 0 unspecified atom stereocenters. The van der Waals surface area contributed by atoms with Gasteiger partial charge in [0.05, 0.1) is 0 Å². The summed E-state index contributed by atoms with van der Waals surface area (Å²) in [7, 11) is 0. The lowest BCUT2D eigenvalue weighted by molar-refractivity contribution is 0.416. The number of nitrogens with zero attached hydrogens (tertiary/aromatic N) is 1. The molecule has 66 valence electrons. The maximum absolute atomic E-state index is 5.52. The van der Waals surface area contributed by atoms with Crippen molar-refractivity contribution in [1.82, 2.24) is 0 Å². The zero-order chi connectivity index (χ0) is 8.93. The molecule has 1 aliphatic rings. The Bertz CT molecular complexity index is 327. The Hall–Kier alpha value is -1.57. The summed E-state index contributed by atoms with van der Waals surface area (Å²) in [5, 5.41) is 0. The second kappa shape index (κ2) is 3.90. The highest BCUT2D eigenvalue weighted by atomic mass is 16.5. The first-order valence-corrected chi connectivity index (χ1v) is 4.41. The highest BCUT2D eigenvalue weighted by molar-refractivity contribution is 5.60. The number of para-hydroxylation sites is 1. The zero-order valence-electron chi connectivity index (χ0n) is 7.31. The van der Waals surface area contributed by atoms with Crippen LogP contribution in [0.5, 0.6) is 5.75 Å². The SMILES string of the molecule is C1=NC(Oc2ccccc2)=CCC1. The molecule has 0 saturated carbocycles. The third kappa shape index (κ3) is 2.18. The maximum Gasteiger partial charge on any atom is 0.214 e. The quantitative estimate of drug-likeness (QED) is 0.673. The molecule has 1 aromatic carbocycles. The maximum atomic E-state index is 5.52. The summed E-state index contributed by atoms with van der Waals surface area (Å²) >= 11 is 0. The van der Waals surface area contributed by atoms with Crippen LogP contribution in [0.15, 0.2) is 47.3 Å². The average Bonchev–Trinajstić information content (AvgIpc) is 2.21. The summed E-state index contributed by atoms with van der Waals surface area (Å²) in [5.41, 5.74) is 0. The number of hydrogen-bond acceptors (Lipinski definition) is 2. The Morgan fingerprint density at radius 1 is 1.08 bits per heavy atom. The summed E-state index contributed by atoms with van der Waals surface area (Å²) in [6, 6.07) is 9.70. The van der Waals surface area contributed by atoms with Gasteiger partial charge < -0.3 is 4.74 Å². The van der Waals surface area contributed by atoms with E-state index in [1.165, 1.54) is 0 Å². The first-order valence-electron chi connectivity index (χ1n) is 4.41. The van der Waals surface area contributed by atoms with E-state index in [0.29, 0.717) is 5.88 Å². The monoisotopic (exact) mass is 173 g/mol. The highest BCUT2D eigenvalue weighted by Gasteiger charge is 1.99. The van der Waals surface area contributed by atoms with Crippen molar-refractivity contribution in [3.8, 4) is 5.75 Å². The standard InChI is InChI=1S/C11H11NO/c1-2-6-10(7-3-1)13-11-8-4-5-9-12-11/h1-3,6-9H,4-5H2. The van der Waals surface area contributed by atoms with Crippen LogP contribution in [0.3, 0.4) is 0 Å². The van der Waals surface area contributed by atoms with Gasteiger partial charge in [-0.2, -0.15) is 0 Å². The smallest absolute Gasteiger partial charge is 0.214 e. The fourth-order valence-corrected chi connectivity index (χ4v) is 1.17. The minimum absolute atomic E-state index is 0.706. The number of ether oxygens (including phenoxy) is 1. The number of hydrogen-bond donors (Lipinski definition) is 0. The third-order valence-electron chi connectivity index (χ3n) is 1.80. The molecule has 2 rings (SSSR count). The van der Waals surface area contributed by atoms with E-state index >= 15 is 0 Å². The van der Waals surface area contributed by atoms with Gasteiger partial charge in [-0.05, 0) is 31.1 Å². The average molecular weight is 173 g/mol. The summed E-state index contributed by atoms with van der Waals surface area (Å²) in [4.78, 5) is 4.14. The van der Waals surface area contributed by atoms with Crippen molar-refractivity contribution in [3.05, 3.63) is 42.3 Å². The van der Waals surface area contributed by atoms with Crippen molar-refractivity contribution in [2.75, 3.05) is 0 Å². The van der Waals surface area contributed by atoms with Gasteiger partial charge in [0.15, 0.2) is 0 Å². The molecule has 1 heterocycles. The molecular weight excluding hydrogens is 162 g/mol. The molecule has 1 aliphatic heterocycles. The Labute approximate surface area is 77.6 Å². The van der Waals surface area contributed by atoms with Crippen LogP contribution >= 0.6 is 0 Å². The van der Waals surface area contributed by atoms with E-state index in [9.17, 15) is 0 Å². The Balaban J connectivity index is 2.06. The van der Waals surface area contributed by atoms with Gasteiger partial charge in [0, 0.05) is 6.21 Å². The molecule has 0 atom stereocenters. The predicted molar refractivity (Wildman–Crippen MR) is 52.9 cm³/mol. The second-order valence-corrected chi connectivity index (χ2v) is 2.85. The Morgan fingerprint density at radius 3 is 2.62 bits per heavy atom. The van der Waals surface area contributed by atoms with E-state index in [0.717, 1.165) is 18.6 Å². The third-order valence-corrected chi connectivity index (χ3v) is 1.80. The van der Waals surface area contributed by atoms with Gasteiger partial charge in [-0.25, -0.2) is 4.99 Å². The number of rotatable bonds is 2. The van der Waals surface area contributed by atoms with Crippen molar-refractivity contribution in [2.45, 2.75) is 12.8 Å². The van der Waals surface area contributed by atoms with E-state index in [-0.39, 0.29) is 0 Å². The van der Waals surface area contributed by atoms with Gasteiger partial charge in [-0.3, -0.25) is 0 Å². The molecule has 2 nitrogen and oxygen atoms in total. The molecule has 2 heteroatoms. The van der Waals surface area contributed by atoms with E-state index in [2.05, 4.69) is 4.99 Å². The molecule has 0 aliphatic carbocycles. The minimum atomic E-state index is 0.706. The van der Waals surface area contributed by atoms with Crippen LogP contribution in [0.4, 0.5) is 0 Å². The topological polar surface area (TPSA) is 21.6 Å². The first-order chi connectivity index (χ1) is 6.45. The van der Waals surface area contributed by atoms with E-state index in [4.69, 9.17) is 4.74 Å². The summed E-state index contributed by atoms with van der Waals surface area (Å²) in [6.45, 7) is 0. The van der Waals surface area contributed by atoms with Gasteiger partial charge in [0.25, 0.3) is 0 Å². The summed E-state index contributed by atoms with van der Waals surface area (Å²) < 4.78 is 5.52. The predicted octanol–water partition coefficient (Wildman–Crippen LogP) is 2.77. The highest BCUT2D eigenvalue weighted by Crippen LogP contribution is 2.15. The number of aliphatic imine (C=N–C) groups is 1. The molecule has 13 heavy (non-hydrogen) atoms. The first kappa shape index (κ1) is 8.05. The lowest BCUT2D eigenvalue weighted by Crippen LogP contribution is -1.96. The second-order valence-electron chi connectivity index (χ2n) is 2.85. The van der Waals surface area contributed by atoms with E-state index < -0.39 is 0 Å². The van der Waals surface area contributed by atoms with E-state index in [1.54, 1.807) is 0 Å². The molecule has 0 N–H and O–H groups in total. The van der Waals surface area contributed by atoms with Gasteiger partial charge >= 0.3 is 0 Å². The molecule has 1 aromatic rings. The number of benzene rings is 1. The molecular formula is C11H11NO. The van der Waals surface area contributed by atoms with Crippen molar-refractivity contribution < 1.29 is 4.74 Å². The van der Waals surface area contributed by atoms with Gasteiger partial charge in [0.1, 0.15) is 5.75 Å². The minimum Gasteiger partial charge on any atom is -0.439 e. The Morgan fingerprint density at radius 2 is 1.92 bits per heavy atom. The summed E-state index contributed by atoms with van der Waals surface area (Å²) in [6.07, 6.45) is 5.93. The largest absolute Gasteiger partial charge is 0.439 e. The lowest BCUT2D eigenvalue weighted by atomic mass is 10.3.